The summed E-state index contributed by atoms with van der Waals surface area (Å²) in [5.41, 5.74) is 0.193. The number of anilines is 1. The second kappa shape index (κ2) is 9.62. The van der Waals surface area contributed by atoms with Crippen molar-refractivity contribution in [3.63, 3.8) is 0 Å². The van der Waals surface area contributed by atoms with E-state index in [0.29, 0.717) is 18.9 Å². The van der Waals surface area contributed by atoms with E-state index in [9.17, 15) is 26.0 Å². The van der Waals surface area contributed by atoms with E-state index in [1.54, 1.807) is 6.92 Å². The first kappa shape index (κ1) is 24.0. The minimum absolute atomic E-state index is 0.00838. The standard InChI is InChI=1S/C20H20F4N6O3S/c1-2-30(34(31,32)13-4-5-13)10-16(14-6-3-12(21)7-15(14)22)27-20-25-8-11(9-26-20)18-28-29-19(33-18)17(23)24/h3,6-9,13,16-17H,2,4-5,10H2,1H3,(H,25,26,27). The predicted molar refractivity (Wildman–Crippen MR) is 112 cm³/mol. The first-order chi connectivity index (χ1) is 16.2. The van der Waals surface area contributed by atoms with Crippen molar-refractivity contribution in [1.29, 1.82) is 0 Å². The Morgan fingerprint density at radius 1 is 1.18 bits per heavy atom. The van der Waals surface area contributed by atoms with E-state index in [0.717, 1.165) is 6.07 Å². The Bertz CT molecular complexity index is 1250. The van der Waals surface area contributed by atoms with Crippen molar-refractivity contribution in [2.45, 2.75) is 37.5 Å². The van der Waals surface area contributed by atoms with Gasteiger partial charge in [-0.05, 0) is 18.9 Å². The Morgan fingerprint density at radius 3 is 2.44 bits per heavy atom. The quantitative estimate of drug-likeness (QED) is 0.419. The van der Waals surface area contributed by atoms with E-state index in [1.165, 1.54) is 22.8 Å². The monoisotopic (exact) mass is 500 g/mol. The molecular weight excluding hydrogens is 480 g/mol. The first-order valence-corrected chi connectivity index (χ1v) is 11.8. The number of aromatic nitrogens is 4. The third-order valence-electron chi connectivity index (χ3n) is 5.21. The van der Waals surface area contributed by atoms with Gasteiger partial charge in [0.2, 0.25) is 16.0 Å². The summed E-state index contributed by atoms with van der Waals surface area (Å²) in [5, 5.41) is 9.15. The zero-order valence-corrected chi connectivity index (χ0v) is 18.6. The van der Waals surface area contributed by atoms with Crippen LogP contribution in [0.25, 0.3) is 11.5 Å². The normalized spacial score (nSPS) is 15.1. The van der Waals surface area contributed by atoms with Crippen molar-refractivity contribution in [3.8, 4) is 11.5 Å². The summed E-state index contributed by atoms with van der Waals surface area (Å²) in [7, 11) is -3.57. The van der Waals surface area contributed by atoms with Gasteiger partial charge in [-0.2, -0.15) is 13.1 Å². The van der Waals surface area contributed by atoms with Gasteiger partial charge >= 0.3 is 6.43 Å². The van der Waals surface area contributed by atoms with Crippen molar-refractivity contribution in [3.05, 3.63) is 53.7 Å². The molecule has 14 heteroatoms. The number of alkyl halides is 2. The predicted octanol–water partition coefficient (Wildman–Crippen LogP) is 3.71. The molecule has 1 aromatic carbocycles. The Morgan fingerprint density at radius 2 is 1.88 bits per heavy atom. The average molecular weight is 500 g/mol. The topological polar surface area (TPSA) is 114 Å². The van der Waals surface area contributed by atoms with E-state index >= 15 is 0 Å². The van der Waals surface area contributed by atoms with Crippen LogP contribution in [0.5, 0.6) is 0 Å². The van der Waals surface area contributed by atoms with E-state index in [-0.39, 0.29) is 36.1 Å². The van der Waals surface area contributed by atoms with E-state index in [1.807, 2.05) is 0 Å². The molecule has 2 aromatic heterocycles. The van der Waals surface area contributed by atoms with Crippen LogP contribution < -0.4 is 5.32 Å². The maximum Gasteiger partial charge on any atom is 0.314 e. The number of halogens is 4. The molecule has 0 radical (unpaired) electrons. The molecule has 1 fully saturated rings. The largest absolute Gasteiger partial charge is 0.415 e. The fourth-order valence-electron chi connectivity index (χ4n) is 3.31. The van der Waals surface area contributed by atoms with Gasteiger partial charge in [-0.25, -0.2) is 27.2 Å². The molecule has 1 atom stereocenters. The number of nitrogens with zero attached hydrogens (tertiary/aromatic N) is 5. The molecule has 0 bridgehead atoms. The number of benzene rings is 1. The van der Waals surface area contributed by atoms with E-state index in [4.69, 9.17) is 4.42 Å². The maximum atomic E-state index is 14.6. The molecule has 2 heterocycles. The highest BCUT2D eigenvalue weighted by Gasteiger charge is 2.40. The SMILES string of the molecule is CCN(CC(Nc1ncc(-c2nnc(C(F)F)o2)cn1)c1ccc(F)cc1F)S(=O)(=O)C1CC1. The second-order valence-corrected chi connectivity index (χ2v) is 9.81. The zero-order chi connectivity index (χ0) is 24.5. The molecule has 0 amide bonds. The third kappa shape index (κ3) is 5.17. The van der Waals surface area contributed by atoms with Crippen LogP contribution in [0.4, 0.5) is 23.5 Å². The lowest BCUT2D eigenvalue weighted by Gasteiger charge is -2.27. The van der Waals surface area contributed by atoms with E-state index in [2.05, 4.69) is 25.5 Å². The summed E-state index contributed by atoms with van der Waals surface area (Å²) in [6.07, 6.45) is 0.664. The lowest BCUT2D eigenvalue weighted by Crippen LogP contribution is -2.39. The van der Waals surface area contributed by atoms with Crippen LogP contribution in [0.2, 0.25) is 0 Å². The molecular formula is C20H20F4N6O3S. The van der Waals surface area contributed by atoms with Gasteiger partial charge in [0.15, 0.2) is 0 Å². The summed E-state index contributed by atoms with van der Waals surface area (Å²) < 4.78 is 85.0. The molecule has 0 spiro atoms. The molecule has 9 nitrogen and oxygen atoms in total. The van der Waals surface area contributed by atoms with Gasteiger partial charge in [0.1, 0.15) is 11.6 Å². The zero-order valence-electron chi connectivity index (χ0n) is 17.8. The maximum absolute atomic E-state index is 14.6. The van der Waals surface area contributed by atoms with Gasteiger partial charge in [0.05, 0.1) is 16.9 Å². The third-order valence-corrected chi connectivity index (χ3v) is 7.65. The van der Waals surface area contributed by atoms with Crippen molar-refractivity contribution < 1.29 is 30.4 Å². The van der Waals surface area contributed by atoms with E-state index < -0.39 is 45.3 Å². The van der Waals surface area contributed by atoms with Crippen LogP contribution in [0, 0.1) is 11.6 Å². The number of hydrogen-bond donors (Lipinski definition) is 1. The lowest BCUT2D eigenvalue weighted by atomic mass is 10.1. The number of nitrogens with one attached hydrogen (secondary N) is 1. The number of rotatable bonds is 10. The highest BCUT2D eigenvalue weighted by molar-refractivity contribution is 7.90. The fraction of sp³-hybridized carbons (Fsp3) is 0.400. The lowest BCUT2D eigenvalue weighted by molar-refractivity contribution is 0.116. The Balaban J connectivity index is 1.59. The van der Waals surface area contributed by atoms with Crippen molar-refractivity contribution in [2.75, 3.05) is 18.4 Å². The molecule has 0 aliphatic heterocycles. The number of sulfonamides is 1. The molecule has 1 N–H and O–H groups in total. The summed E-state index contributed by atoms with van der Waals surface area (Å²) in [5.74, 6) is -2.71. The van der Waals surface area contributed by atoms with Crippen LogP contribution >= 0.6 is 0 Å². The highest BCUT2D eigenvalue weighted by Crippen LogP contribution is 2.33. The molecule has 4 rings (SSSR count). The molecule has 3 aromatic rings. The minimum atomic E-state index is -3.57. The first-order valence-electron chi connectivity index (χ1n) is 10.3. The van der Waals surface area contributed by atoms with Crippen molar-refractivity contribution >= 4 is 16.0 Å². The van der Waals surface area contributed by atoms with Crippen LogP contribution in [0.1, 0.15) is 43.7 Å². The molecule has 182 valence electrons. The number of likely N-dealkylation sites (N-methyl/N-ethyl adjacent to an activating group) is 1. The minimum Gasteiger partial charge on any atom is -0.415 e. The average Bonchev–Trinajstić information content (AvgIpc) is 3.55. The van der Waals surface area contributed by atoms with Gasteiger partial charge in [-0.15, -0.1) is 10.2 Å². The summed E-state index contributed by atoms with van der Waals surface area (Å²) in [6.45, 7) is 1.68. The van der Waals surface area contributed by atoms with Crippen LogP contribution in [-0.4, -0.2) is 51.2 Å². The number of hydrogen-bond acceptors (Lipinski definition) is 8. The molecule has 34 heavy (non-hydrogen) atoms. The Labute approximate surface area is 192 Å². The second-order valence-electron chi connectivity index (χ2n) is 7.60. The van der Waals surface area contributed by atoms with Crippen LogP contribution in [0.3, 0.4) is 0 Å². The molecule has 0 saturated heterocycles. The van der Waals surface area contributed by atoms with Gasteiger partial charge < -0.3 is 9.73 Å². The van der Waals surface area contributed by atoms with Crippen LogP contribution in [-0.2, 0) is 10.0 Å². The van der Waals surface area contributed by atoms with Crippen molar-refractivity contribution in [1.82, 2.24) is 24.5 Å². The Kier molecular flexibility index (Phi) is 6.79. The van der Waals surface area contributed by atoms with Gasteiger partial charge in [-0.3, -0.25) is 0 Å². The molecule has 1 unspecified atom stereocenters. The molecule has 1 aliphatic carbocycles. The molecule has 1 saturated carbocycles. The van der Waals surface area contributed by atoms with Crippen LogP contribution in [0.15, 0.2) is 35.0 Å². The highest BCUT2D eigenvalue weighted by atomic mass is 32.2. The van der Waals surface area contributed by atoms with Gasteiger partial charge in [-0.1, -0.05) is 13.0 Å². The van der Waals surface area contributed by atoms with Crippen molar-refractivity contribution in [2.24, 2.45) is 0 Å². The smallest absolute Gasteiger partial charge is 0.314 e. The summed E-state index contributed by atoms with van der Waals surface area (Å²) >= 11 is 0. The van der Waals surface area contributed by atoms with Gasteiger partial charge in [0.25, 0.3) is 11.8 Å². The summed E-state index contributed by atoms with van der Waals surface area (Å²) in [4.78, 5) is 8.12. The fourth-order valence-corrected chi connectivity index (χ4v) is 5.18. The molecule has 1 aliphatic rings. The van der Waals surface area contributed by atoms with Gasteiger partial charge in [0, 0.05) is 37.1 Å². The Hall–Kier alpha value is -3.13. The summed E-state index contributed by atoms with van der Waals surface area (Å²) in [6, 6.07) is 2.04.